The van der Waals surface area contributed by atoms with Gasteiger partial charge in [-0.05, 0) is 34.5 Å². The zero-order chi connectivity index (χ0) is 14.2. The lowest BCUT2D eigenvalue weighted by atomic mass is 10.2. The fourth-order valence-electron chi connectivity index (χ4n) is 2.19. The zero-order valence-electron chi connectivity index (χ0n) is 10.6. The third kappa shape index (κ3) is 2.30. The third-order valence-electron chi connectivity index (χ3n) is 3.16. The van der Waals surface area contributed by atoms with Gasteiger partial charge in [-0.1, -0.05) is 30.3 Å². The summed E-state index contributed by atoms with van der Waals surface area (Å²) in [5, 5.41) is 2.90. The van der Waals surface area contributed by atoms with Crippen LogP contribution < -0.4 is 5.73 Å². The summed E-state index contributed by atoms with van der Waals surface area (Å²) in [5.41, 5.74) is 6.90. The maximum atomic E-state index is 12.5. The quantitative estimate of drug-likeness (QED) is 0.754. The molecule has 0 radical (unpaired) electrons. The molecule has 0 bridgehead atoms. The van der Waals surface area contributed by atoms with Crippen molar-refractivity contribution in [1.29, 1.82) is 0 Å². The lowest BCUT2D eigenvalue weighted by Gasteiger charge is -2.06. The topological polar surface area (TPSA) is 60.2 Å². The molecule has 0 aliphatic carbocycles. The van der Waals surface area contributed by atoms with Crippen LogP contribution >= 0.6 is 11.3 Å². The first-order valence-corrected chi connectivity index (χ1v) is 8.63. The summed E-state index contributed by atoms with van der Waals surface area (Å²) in [5.74, 6) is -0.0226. The highest BCUT2D eigenvalue weighted by molar-refractivity contribution is 7.90. The predicted octanol–water partition coefficient (Wildman–Crippen LogP) is 3.46. The maximum Gasteiger partial charge on any atom is 0.184 e. The van der Waals surface area contributed by atoms with E-state index in [0.29, 0.717) is 5.69 Å². The number of fused-ring (bicyclic) bond motifs is 1. The van der Waals surface area contributed by atoms with Crippen molar-refractivity contribution in [1.82, 2.24) is 0 Å². The zero-order valence-corrected chi connectivity index (χ0v) is 12.2. The molecule has 1 aromatic heterocycles. The number of rotatable bonds is 3. The minimum absolute atomic E-state index is 0.0226. The van der Waals surface area contributed by atoms with Crippen LogP contribution in [0, 0.1) is 0 Å². The third-order valence-corrected chi connectivity index (χ3v) is 5.91. The Labute approximate surface area is 121 Å². The van der Waals surface area contributed by atoms with E-state index in [-0.39, 0.29) is 10.6 Å². The number of benzene rings is 2. The van der Waals surface area contributed by atoms with E-state index in [1.807, 2.05) is 29.6 Å². The van der Waals surface area contributed by atoms with Crippen LogP contribution in [-0.4, -0.2) is 8.42 Å². The van der Waals surface area contributed by atoms with E-state index in [2.05, 4.69) is 0 Å². The Hall–Kier alpha value is -1.85. The van der Waals surface area contributed by atoms with Crippen molar-refractivity contribution in [2.75, 3.05) is 5.73 Å². The van der Waals surface area contributed by atoms with Gasteiger partial charge in [0.05, 0.1) is 16.3 Å². The molecule has 5 heteroatoms. The number of anilines is 1. The average Bonchev–Trinajstić information content (AvgIpc) is 2.82. The molecule has 0 atom stereocenters. The van der Waals surface area contributed by atoms with Crippen molar-refractivity contribution in [3.05, 3.63) is 59.5 Å². The van der Waals surface area contributed by atoms with Crippen molar-refractivity contribution >= 4 is 36.9 Å². The van der Waals surface area contributed by atoms with Gasteiger partial charge in [0.1, 0.15) is 0 Å². The van der Waals surface area contributed by atoms with Crippen LogP contribution in [-0.2, 0) is 15.6 Å². The van der Waals surface area contributed by atoms with Gasteiger partial charge in [-0.2, -0.15) is 0 Å². The first-order valence-electron chi connectivity index (χ1n) is 6.10. The molecule has 0 saturated carbocycles. The van der Waals surface area contributed by atoms with Crippen molar-refractivity contribution in [3.63, 3.8) is 0 Å². The van der Waals surface area contributed by atoms with Gasteiger partial charge in [-0.25, -0.2) is 8.42 Å². The van der Waals surface area contributed by atoms with Gasteiger partial charge in [-0.3, -0.25) is 0 Å². The number of nitrogens with two attached hydrogens (primary N) is 1. The molecule has 3 nitrogen and oxygen atoms in total. The molecule has 0 aliphatic rings. The maximum absolute atomic E-state index is 12.5. The van der Waals surface area contributed by atoms with Crippen molar-refractivity contribution in [2.45, 2.75) is 10.6 Å². The van der Waals surface area contributed by atoms with E-state index in [9.17, 15) is 8.42 Å². The average molecular weight is 303 g/mol. The SMILES string of the molecule is Nc1ccccc1S(=O)(=O)Cc1csc2ccccc12. The summed E-state index contributed by atoms with van der Waals surface area (Å²) in [6.07, 6.45) is 0. The minimum Gasteiger partial charge on any atom is -0.398 e. The molecule has 102 valence electrons. The van der Waals surface area contributed by atoms with E-state index in [4.69, 9.17) is 5.73 Å². The second-order valence-corrected chi connectivity index (χ2v) is 7.42. The molecule has 3 rings (SSSR count). The fraction of sp³-hybridized carbons (Fsp3) is 0.0667. The smallest absolute Gasteiger partial charge is 0.184 e. The molecule has 2 aromatic carbocycles. The van der Waals surface area contributed by atoms with Crippen LogP contribution in [0.5, 0.6) is 0 Å². The molecule has 3 aromatic rings. The van der Waals surface area contributed by atoms with Crippen LogP contribution in [0.15, 0.2) is 58.8 Å². The van der Waals surface area contributed by atoms with Crippen LogP contribution in [0.4, 0.5) is 5.69 Å². The van der Waals surface area contributed by atoms with Crippen LogP contribution in [0.3, 0.4) is 0 Å². The molecule has 0 amide bonds. The Bertz CT molecular complexity index is 866. The van der Waals surface area contributed by atoms with E-state index in [1.54, 1.807) is 35.6 Å². The summed E-state index contributed by atoms with van der Waals surface area (Å²) in [4.78, 5) is 0.204. The van der Waals surface area contributed by atoms with Gasteiger partial charge < -0.3 is 5.73 Å². The summed E-state index contributed by atoms with van der Waals surface area (Å²) in [7, 11) is -3.42. The highest BCUT2D eigenvalue weighted by atomic mass is 32.2. The largest absolute Gasteiger partial charge is 0.398 e. The standard InChI is InChI=1S/C15H13NO2S2/c16-13-6-2-4-8-15(13)20(17,18)10-11-9-19-14-7-3-1-5-12(11)14/h1-9H,10,16H2. The fourth-order valence-corrected chi connectivity index (χ4v) is 4.78. The molecule has 0 spiro atoms. The van der Waals surface area contributed by atoms with E-state index in [1.165, 1.54) is 0 Å². The van der Waals surface area contributed by atoms with Crippen molar-refractivity contribution in [3.8, 4) is 0 Å². The highest BCUT2D eigenvalue weighted by Crippen LogP contribution is 2.30. The Kier molecular flexibility index (Phi) is 3.23. The van der Waals surface area contributed by atoms with E-state index < -0.39 is 9.84 Å². The van der Waals surface area contributed by atoms with E-state index in [0.717, 1.165) is 15.6 Å². The number of hydrogen-bond donors (Lipinski definition) is 1. The summed E-state index contributed by atoms with van der Waals surface area (Å²) in [6.45, 7) is 0. The predicted molar refractivity (Wildman–Crippen MR) is 83.6 cm³/mol. The monoisotopic (exact) mass is 303 g/mol. The lowest BCUT2D eigenvalue weighted by molar-refractivity contribution is 0.596. The van der Waals surface area contributed by atoms with Crippen LogP contribution in [0.25, 0.3) is 10.1 Å². The van der Waals surface area contributed by atoms with Gasteiger partial charge >= 0.3 is 0 Å². The Morgan fingerprint density at radius 2 is 1.70 bits per heavy atom. The minimum atomic E-state index is -3.42. The molecule has 20 heavy (non-hydrogen) atoms. The molecular weight excluding hydrogens is 290 g/mol. The second-order valence-electron chi connectivity index (χ2n) is 4.55. The van der Waals surface area contributed by atoms with Gasteiger partial charge in [0.15, 0.2) is 9.84 Å². The number of thiophene rings is 1. The first kappa shape index (κ1) is 13.1. The Balaban J connectivity index is 2.04. The van der Waals surface area contributed by atoms with Gasteiger partial charge in [0.25, 0.3) is 0 Å². The number of sulfone groups is 1. The number of nitrogen functional groups attached to an aromatic ring is 1. The number of para-hydroxylation sites is 1. The Morgan fingerprint density at radius 3 is 2.50 bits per heavy atom. The molecule has 0 aliphatic heterocycles. The second kappa shape index (κ2) is 4.92. The lowest BCUT2D eigenvalue weighted by Crippen LogP contribution is -2.07. The molecule has 1 heterocycles. The highest BCUT2D eigenvalue weighted by Gasteiger charge is 2.19. The normalized spacial score (nSPS) is 11.8. The van der Waals surface area contributed by atoms with Crippen LogP contribution in [0.1, 0.15) is 5.56 Å². The molecule has 0 unspecified atom stereocenters. The molecular formula is C15H13NO2S2. The van der Waals surface area contributed by atoms with Crippen LogP contribution in [0.2, 0.25) is 0 Å². The van der Waals surface area contributed by atoms with Gasteiger partial charge in [0, 0.05) is 4.70 Å². The molecule has 0 fully saturated rings. The van der Waals surface area contributed by atoms with Gasteiger partial charge in [-0.15, -0.1) is 11.3 Å². The first-order chi connectivity index (χ1) is 9.58. The van der Waals surface area contributed by atoms with Crippen molar-refractivity contribution in [2.24, 2.45) is 0 Å². The summed E-state index contributed by atoms with van der Waals surface area (Å²) < 4.78 is 26.1. The molecule has 0 saturated heterocycles. The van der Waals surface area contributed by atoms with E-state index >= 15 is 0 Å². The number of hydrogen-bond acceptors (Lipinski definition) is 4. The van der Waals surface area contributed by atoms with Gasteiger partial charge in [0.2, 0.25) is 0 Å². The molecule has 2 N–H and O–H groups in total. The summed E-state index contributed by atoms with van der Waals surface area (Å²) >= 11 is 1.56. The van der Waals surface area contributed by atoms with Crippen molar-refractivity contribution < 1.29 is 8.42 Å². The summed E-state index contributed by atoms with van der Waals surface area (Å²) in [6, 6.07) is 14.4. The Morgan fingerprint density at radius 1 is 1.00 bits per heavy atom.